The average Bonchev–Trinajstić information content (AvgIpc) is 2.88. The third-order valence-corrected chi connectivity index (χ3v) is 3.67. The van der Waals surface area contributed by atoms with Crippen LogP contribution in [0.15, 0.2) is 54.6 Å². The number of aromatic nitrogens is 2. The van der Waals surface area contributed by atoms with Crippen LogP contribution in [0.2, 0.25) is 5.15 Å². The van der Waals surface area contributed by atoms with E-state index in [1.807, 2.05) is 42.5 Å². The van der Waals surface area contributed by atoms with Crippen molar-refractivity contribution >= 4 is 23.3 Å². The highest BCUT2D eigenvalue weighted by atomic mass is 35.5. The Morgan fingerprint density at radius 3 is 2.25 bits per heavy atom. The van der Waals surface area contributed by atoms with Gasteiger partial charge in [0.15, 0.2) is 0 Å². The van der Waals surface area contributed by atoms with Gasteiger partial charge >= 0.3 is 0 Å². The molecule has 0 radical (unpaired) electrons. The van der Waals surface area contributed by atoms with Gasteiger partial charge in [-0.25, -0.2) is 0 Å². The fourth-order valence-electron chi connectivity index (χ4n) is 1.85. The molecule has 5 heteroatoms. The highest BCUT2D eigenvalue weighted by Crippen LogP contribution is 2.27. The van der Waals surface area contributed by atoms with Crippen LogP contribution in [0.4, 0.5) is 0 Å². The Balaban J connectivity index is 1.70. The topological polar surface area (TPSA) is 35.0 Å². The number of hydrogen-bond donors (Lipinski definition) is 0. The lowest BCUT2D eigenvalue weighted by Gasteiger charge is -2.05. The molecule has 0 aliphatic rings. The zero-order valence-electron chi connectivity index (χ0n) is 10.5. The first-order chi connectivity index (χ1) is 9.81. The molecule has 3 nitrogen and oxygen atoms in total. The van der Waals surface area contributed by atoms with Crippen LogP contribution in [0.3, 0.4) is 0 Å². The van der Waals surface area contributed by atoms with Crippen LogP contribution >= 0.6 is 23.3 Å². The summed E-state index contributed by atoms with van der Waals surface area (Å²) >= 11 is 6.87. The second kappa shape index (κ2) is 6.03. The molecule has 1 aromatic heterocycles. The molecule has 1 heterocycles. The monoisotopic (exact) mass is 302 g/mol. The second-order valence-electron chi connectivity index (χ2n) is 4.27. The van der Waals surface area contributed by atoms with E-state index < -0.39 is 0 Å². The van der Waals surface area contributed by atoms with Crippen molar-refractivity contribution in [2.75, 3.05) is 0 Å². The summed E-state index contributed by atoms with van der Waals surface area (Å²) in [6.45, 7) is 0. The van der Waals surface area contributed by atoms with Crippen LogP contribution < -0.4 is 4.74 Å². The minimum atomic E-state index is 0.295. The molecule has 3 rings (SSSR count). The Morgan fingerprint density at radius 2 is 1.60 bits per heavy atom. The van der Waals surface area contributed by atoms with Crippen molar-refractivity contribution in [2.24, 2.45) is 0 Å². The van der Waals surface area contributed by atoms with Gasteiger partial charge in [0.1, 0.15) is 5.75 Å². The minimum absolute atomic E-state index is 0.295. The molecule has 0 amide bonds. The van der Waals surface area contributed by atoms with Crippen molar-refractivity contribution in [3.8, 4) is 11.6 Å². The lowest BCUT2D eigenvalue weighted by Crippen LogP contribution is -1.89. The summed E-state index contributed by atoms with van der Waals surface area (Å²) in [4.78, 5) is 0. The normalized spacial score (nSPS) is 10.4. The van der Waals surface area contributed by atoms with Gasteiger partial charge < -0.3 is 4.74 Å². The van der Waals surface area contributed by atoms with Crippen molar-refractivity contribution in [1.82, 2.24) is 8.75 Å². The van der Waals surface area contributed by atoms with Crippen molar-refractivity contribution in [3.05, 3.63) is 70.9 Å². The number of halogens is 1. The van der Waals surface area contributed by atoms with Crippen molar-refractivity contribution in [1.29, 1.82) is 0 Å². The summed E-state index contributed by atoms with van der Waals surface area (Å²) in [5, 5.41) is 0.295. The molecule has 100 valence electrons. The van der Waals surface area contributed by atoms with E-state index in [4.69, 9.17) is 16.3 Å². The van der Waals surface area contributed by atoms with Crippen LogP contribution in [0.25, 0.3) is 0 Å². The first-order valence-electron chi connectivity index (χ1n) is 6.10. The Hall–Kier alpha value is -1.91. The number of benzene rings is 2. The molecule has 0 aliphatic heterocycles. The fraction of sp³-hybridized carbons (Fsp3) is 0.0667. The Kier molecular flexibility index (Phi) is 3.95. The predicted octanol–water partition coefficient (Wildman–Crippen LogP) is 4.57. The van der Waals surface area contributed by atoms with Crippen molar-refractivity contribution in [2.45, 2.75) is 6.42 Å². The molecule has 2 aromatic carbocycles. The standard InChI is InChI=1S/C15H11ClN2OS/c16-14-15(18-20-17-14)19-13-8-6-12(7-9-13)10-11-4-2-1-3-5-11/h1-9H,10H2. The maximum absolute atomic E-state index is 5.84. The van der Waals surface area contributed by atoms with E-state index in [0.29, 0.717) is 16.8 Å². The van der Waals surface area contributed by atoms with E-state index in [-0.39, 0.29) is 0 Å². The van der Waals surface area contributed by atoms with Crippen molar-refractivity contribution in [3.63, 3.8) is 0 Å². The SMILES string of the molecule is Clc1nsnc1Oc1ccc(Cc2ccccc2)cc1. The highest BCUT2D eigenvalue weighted by molar-refractivity contribution is 6.99. The largest absolute Gasteiger partial charge is 0.436 e. The molecule has 3 aromatic rings. The molecular formula is C15H11ClN2OS. The number of hydrogen-bond acceptors (Lipinski definition) is 4. The Bertz CT molecular complexity index is 683. The molecular weight excluding hydrogens is 292 g/mol. The highest BCUT2D eigenvalue weighted by Gasteiger charge is 2.07. The number of rotatable bonds is 4. The maximum atomic E-state index is 5.84. The molecule has 0 saturated heterocycles. The summed E-state index contributed by atoms with van der Waals surface area (Å²) in [7, 11) is 0. The smallest absolute Gasteiger partial charge is 0.270 e. The van der Waals surface area contributed by atoms with Crippen LogP contribution in [-0.2, 0) is 6.42 Å². The first kappa shape index (κ1) is 13.1. The summed E-state index contributed by atoms with van der Waals surface area (Å²) in [6.07, 6.45) is 0.903. The van der Waals surface area contributed by atoms with Crippen LogP contribution in [0.5, 0.6) is 11.6 Å². The van der Waals surface area contributed by atoms with E-state index in [0.717, 1.165) is 18.1 Å². The molecule has 0 N–H and O–H groups in total. The van der Waals surface area contributed by atoms with Gasteiger partial charge in [0.05, 0.1) is 11.7 Å². The van der Waals surface area contributed by atoms with Crippen LogP contribution in [-0.4, -0.2) is 8.75 Å². The van der Waals surface area contributed by atoms with E-state index >= 15 is 0 Å². The lowest BCUT2D eigenvalue weighted by atomic mass is 10.1. The zero-order chi connectivity index (χ0) is 13.8. The molecule has 0 bridgehead atoms. The van der Waals surface area contributed by atoms with Crippen LogP contribution in [0.1, 0.15) is 11.1 Å². The summed E-state index contributed by atoms with van der Waals surface area (Å²) < 4.78 is 13.4. The first-order valence-corrected chi connectivity index (χ1v) is 7.21. The van der Waals surface area contributed by atoms with Crippen LogP contribution in [0, 0.1) is 0 Å². The van der Waals surface area contributed by atoms with E-state index in [1.165, 1.54) is 11.1 Å². The summed E-state index contributed by atoms with van der Waals surface area (Å²) in [5.74, 6) is 1.06. The molecule has 0 aliphatic carbocycles. The molecule has 0 atom stereocenters. The van der Waals surface area contributed by atoms with E-state index in [9.17, 15) is 0 Å². The average molecular weight is 303 g/mol. The third-order valence-electron chi connectivity index (χ3n) is 2.81. The number of ether oxygens (including phenoxy) is 1. The lowest BCUT2D eigenvalue weighted by molar-refractivity contribution is 0.468. The predicted molar refractivity (Wildman–Crippen MR) is 80.7 cm³/mol. The van der Waals surface area contributed by atoms with Gasteiger partial charge in [0.2, 0.25) is 5.15 Å². The van der Waals surface area contributed by atoms with Gasteiger partial charge in [-0.3, -0.25) is 0 Å². The molecule has 0 unspecified atom stereocenters. The Labute approximate surface area is 126 Å². The molecule has 0 spiro atoms. The van der Waals surface area contributed by atoms with Gasteiger partial charge in [-0.15, -0.1) is 4.37 Å². The quantitative estimate of drug-likeness (QED) is 0.708. The minimum Gasteiger partial charge on any atom is -0.436 e. The molecule has 20 heavy (non-hydrogen) atoms. The second-order valence-corrected chi connectivity index (χ2v) is 5.16. The molecule has 0 fully saturated rings. The van der Waals surface area contributed by atoms with Gasteiger partial charge in [-0.1, -0.05) is 54.1 Å². The van der Waals surface area contributed by atoms with Gasteiger partial charge in [-0.05, 0) is 29.7 Å². The van der Waals surface area contributed by atoms with E-state index in [1.54, 1.807) is 0 Å². The fourth-order valence-corrected chi connectivity index (χ4v) is 2.46. The van der Waals surface area contributed by atoms with Crippen molar-refractivity contribution < 1.29 is 4.74 Å². The summed E-state index contributed by atoms with van der Waals surface area (Å²) in [5.41, 5.74) is 2.51. The maximum Gasteiger partial charge on any atom is 0.270 e. The van der Waals surface area contributed by atoms with Gasteiger partial charge in [-0.2, -0.15) is 4.37 Å². The summed E-state index contributed by atoms with van der Waals surface area (Å²) in [6, 6.07) is 18.2. The molecule has 0 saturated carbocycles. The van der Waals surface area contributed by atoms with Gasteiger partial charge in [0.25, 0.3) is 5.88 Å². The number of nitrogens with zero attached hydrogens (tertiary/aromatic N) is 2. The van der Waals surface area contributed by atoms with Gasteiger partial charge in [0, 0.05) is 0 Å². The Morgan fingerprint density at radius 1 is 0.900 bits per heavy atom. The zero-order valence-corrected chi connectivity index (χ0v) is 12.1. The third kappa shape index (κ3) is 3.15. The van der Waals surface area contributed by atoms with E-state index in [2.05, 4.69) is 20.9 Å².